The first-order valence-electron chi connectivity index (χ1n) is 9.08. The molecule has 0 bridgehead atoms. The Hall–Kier alpha value is -2.94. The fourth-order valence-electron chi connectivity index (χ4n) is 2.78. The van der Waals surface area contributed by atoms with Gasteiger partial charge in [0, 0.05) is 0 Å². The van der Waals surface area contributed by atoms with Crippen molar-refractivity contribution < 1.29 is 14.6 Å². The van der Waals surface area contributed by atoms with Crippen molar-refractivity contribution in [3.63, 3.8) is 0 Å². The van der Waals surface area contributed by atoms with Crippen LogP contribution in [-0.4, -0.2) is 5.11 Å². The summed E-state index contributed by atoms with van der Waals surface area (Å²) in [6, 6.07) is 22.6. The molecule has 0 aliphatic carbocycles. The lowest BCUT2D eigenvalue weighted by Gasteiger charge is -2.17. The average Bonchev–Trinajstić information content (AvgIpc) is 2.68. The van der Waals surface area contributed by atoms with Crippen molar-refractivity contribution in [1.29, 1.82) is 0 Å². The van der Waals surface area contributed by atoms with Crippen LogP contribution in [0.2, 0.25) is 0 Å². The minimum absolute atomic E-state index is 0.0685. The third-order valence-electron chi connectivity index (χ3n) is 4.15. The molecule has 134 valence electrons. The predicted octanol–water partition coefficient (Wildman–Crippen LogP) is 6.71. The van der Waals surface area contributed by atoms with Gasteiger partial charge in [0.2, 0.25) is 5.75 Å². The van der Waals surface area contributed by atoms with Gasteiger partial charge in [0.25, 0.3) is 0 Å². The van der Waals surface area contributed by atoms with E-state index in [1.54, 1.807) is 6.07 Å². The standard InChI is InChI=1S/C23H24O3/c1-2-3-6-11-18-16-17-21(24)23(26-20-14-9-5-10-15-20)22(18)25-19-12-7-4-8-13-19/h4-5,7-10,12-17,24H,2-3,6,11H2,1H3. The summed E-state index contributed by atoms with van der Waals surface area (Å²) in [6.45, 7) is 2.18. The molecule has 0 aromatic heterocycles. The highest BCUT2D eigenvalue weighted by atomic mass is 16.5. The van der Waals surface area contributed by atoms with E-state index in [1.165, 1.54) is 0 Å². The lowest BCUT2D eigenvalue weighted by atomic mass is 10.0. The minimum atomic E-state index is 0.0685. The van der Waals surface area contributed by atoms with E-state index >= 15 is 0 Å². The smallest absolute Gasteiger partial charge is 0.211 e. The SMILES string of the molecule is CCCCCc1ccc(O)c(Oc2ccccc2)c1Oc1ccccc1. The number of rotatable bonds is 8. The second-order valence-corrected chi connectivity index (χ2v) is 6.19. The third-order valence-corrected chi connectivity index (χ3v) is 4.15. The molecule has 3 heteroatoms. The van der Waals surface area contributed by atoms with Gasteiger partial charge in [0.05, 0.1) is 0 Å². The molecule has 0 unspecified atom stereocenters. The molecule has 0 saturated heterocycles. The zero-order valence-electron chi connectivity index (χ0n) is 15.0. The quantitative estimate of drug-likeness (QED) is 0.460. The van der Waals surface area contributed by atoms with Gasteiger partial charge in [-0.2, -0.15) is 0 Å². The molecule has 0 aliphatic heterocycles. The van der Waals surface area contributed by atoms with Crippen LogP contribution >= 0.6 is 0 Å². The number of benzene rings is 3. The summed E-state index contributed by atoms with van der Waals surface area (Å²) in [4.78, 5) is 0. The summed E-state index contributed by atoms with van der Waals surface area (Å²) >= 11 is 0. The third kappa shape index (κ3) is 4.57. The fraction of sp³-hybridized carbons (Fsp3) is 0.217. The molecule has 0 atom stereocenters. The highest BCUT2D eigenvalue weighted by Crippen LogP contribution is 2.44. The molecule has 0 radical (unpaired) electrons. The predicted molar refractivity (Wildman–Crippen MR) is 104 cm³/mol. The van der Waals surface area contributed by atoms with Crippen molar-refractivity contribution in [2.24, 2.45) is 0 Å². The number of hydrogen-bond donors (Lipinski definition) is 1. The molecule has 3 aromatic rings. The van der Waals surface area contributed by atoms with E-state index in [2.05, 4.69) is 6.92 Å². The van der Waals surface area contributed by atoms with Gasteiger partial charge in [0.1, 0.15) is 11.5 Å². The maximum atomic E-state index is 10.4. The van der Waals surface area contributed by atoms with Gasteiger partial charge in [0.15, 0.2) is 11.5 Å². The van der Waals surface area contributed by atoms with Crippen LogP contribution in [0, 0.1) is 0 Å². The molecule has 3 nitrogen and oxygen atoms in total. The topological polar surface area (TPSA) is 38.7 Å². The fourth-order valence-corrected chi connectivity index (χ4v) is 2.78. The first-order valence-corrected chi connectivity index (χ1v) is 9.08. The van der Waals surface area contributed by atoms with Crippen LogP contribution < -0.4 is 9.47 Å². The number of phenols is 1. The van der Waals surface area contributed by atoms with Crippen molar-refractivity contribution in [1.82, 2.24) is 0 Å². The normalized spacial score (nSPS) is 10.5. The van der Waals surface area contributed by atoms with Crippen LogP contribution in [-0.2, 0) is 6.42 Å². The van der Waals surface area contributed by atoms with Gasteiger partial charge in [-0.05, 0) is 48.7 Å². The van der Waals surface area contributed by atoms with E-state index in [-0.39, 0.29) is 5.75 Å². The van der Waals surface area contributed by atoms with Crippen molar-refractivity contribution in [2.75, 3.05) is 0 Å². The molecular formula is C23H24O3. The number of phenolic OH excluding ortho intramolecular Hbond substituents is 1. The number of para-hydroxylation sites is 2. The van der Waals surface area contributed by atoms with Crippen LogP contribution in [0.5, 0.6) is 28.7 Å². The maximum absolute atomic E-state index is 10.4. The minimum Gasteiger partial charge on any atom is -0.504 e. The first-order chi connectivity index (χ1) is 12.8. The van der Waals surface area contributed by atoms with E-state index in [4.69, 9.17) is 9.47 Å². The van der Waals surface area contributed by atoms with Gasteiger partial charge < -0.3 is 14.6 Å². The largest absolute Gasteiger partial charge is 0.504 e. The molecule has 0 amide bonds. The Balaban J connectivity index is 1.98. The Labute approximate surface area is 154 Å². The Morgan fingerprint density at radius 2 is 1.27 bits per heavy atom. The Kier molecular flexibility index (Phi) is 6.15. The Bertz CT molecular complexity index is 814. The Morgan fingerprint density at radius 1 is 0.692 bits per heavy atom. The summed E-state index contributed by atoms with van der Waals surface area (Å²) in [7, 11) is 0. The van der Waals surface area contributed by atoms with E-state index in [0.29, 0.717) is 23.0 Å². The van der Waals surface area contributed by atoms with Crippen LogP contribution in [0.1, 0.15) is 31.7 Å². The molecule has 0 spiro atoms. The van der Waals surface area contributed by atoms with E-state index in [0.717, 1.165) is 31.2 Å². The molecule has 0 heterocycles. The monoisotopic (exact) mass is 348 g/mol. The van der Waals surface area contributed by atoms with E-state index in [1.807, 2.05) is 66.7 Å². The summed E-state index contributed by atoms with van der Waals surface area (Å²) in [5, 5.41) is 10.4. The number of aromatic hydroxyl groups is 1. The Morgan fingerprint density at radius 3 is 1.85 bits per heavy atom. The highest BCUT2D eigenvalue weighted by Gasteiger charge is 2.18. The van der Waals surface area contributed by atoms with E-state index < -0.39 is 0 Å². The van der Waals surface area contributed by atoms with Crippen LogP contribution in [0.15, 0.2) is 72.8 Å². The van der Waals surface area contributed by atoms with Crippen LogP contribution in [0.25, 0.3) is 0 Å². The maximum Gasteiger partial charge on any atom is 0.211 e. The van der Waals surface area contributed by atoms with Crippen LogP contribution in [0.4, 0.5) is 0 Å². The highest BCUT2D eigenvalue weighted by molar-refractivity contribution is 5.58. The van der Waals surface area contributed by atoms with E-state index in [9.17, 15) is 5.11 Å². The molecule has 0 saturated carbocycles. The number of hydrogen-bond acceptors (Lipinski definition) is 3. The summed E-state index contributed by atoms with van der Waals surface area (Å²) in [5.41, 5.74) is 1.03. The van der Waals surface area contributed by atoms with Crippen LogP contribution in [0.3, 0.4) is 0 Å². The molecular weight excluding hydrogens is 324 g/mol. The van der Waals surface area contributed by atoms with Gasteiger partial charge in [-0.3, -0.25) is 0 Å². The summed E-state index contributed by atoms with van der Waals surface area (Å²) in [6.07, 6.45) is 4.25. The zero-order valence-corrected chi connectivity index (χ0v) is 15.0. The molecule has 26 heavy (non-hydrogen) atoms. The van der Waals surface area contributed by atoms with Crippen molar-refractivity contribution in [3.05, 3.63) is 78.4 Å². The van der Waals surface area contributed by atoms with Crippen molar-refractivity contribution in [3.8, 4) is 28.7 Å². The number of unbranched alkanes of at least 4 members (excludes halogenated alkanes) is 2. The molecule has 3 aromatic carbocycles. The van der Waals surface area contributed by atoms with Crippen molar-refractivity contribution >= 4 is 0 Å². The lowest BCUT2D eigenvalue weighted by Crippen LogP contribution is -1.97. The molecule has 3 rings (SSSR count). The van der Waals surface area contributed by atoms with Crippen molar-refractivity contribution in [2.45, 2.75) is 32.6 Å². The average molecular weight is 348 g/mol. The second kappa shape index (κ2) is 8.95. The molecule has 0 aliphatic rings. The summed E-state index contributed by atoms with van der Waals surface area (Å²) in [5.74, 6) is 2.38. The van der Waals surface area contributed by atoms with Gasteiger partial charge in [-0.1, -0.05) is 62.2 Å². The zero-order chi connectivity index (χ0) is 18.2. The molecule has 1 N–H and O–H groups in total. The number of aryl methyl sites for hydroxylation is 1. The lowest BCUT2D eigenvalue weighted by molar-refractivity contribution is 0.378. The van der Waals surface area contributed by atoms with Gasteiger partial charge >= 0.3 is 0 Å². The first kappa shape index (κ1) is 17.9. The molecule has 0 fully saturated rings. The van der Waals surface area contributed by atoms with Gasteiger partial charge in [-0.25, -0.2) is 0 Å². The second-order valence-electron chi connectivity index (χ2n) is 6.19. The summed E-state index contributed by atoms with van der Waals surface area (Å²) < 4.78 is 12.1. The number of ether oxygens (including phenoxy) is 2. The van der Waals surface area contributed by atoms with Gasteiger partial charge in [-0.15, -0.1) is 0 Å².